The maximum Gasteiger partial charge on any atom is 0.223 e. The van der Waals surface area contributed by atoms with Crippen LogP contribution in [-0.2, 0) is 17.8 Å². The average Bonchev–Trinajstić information content (AvgIpc) is 2.50. The lowest BCUT2D eigenvalue weighted by Crippen LogP contribution is -2.30. The second-order valence-corrected chi connectivity index (χ2v) is 5.67. The Balaban J connectivity index is 1.96. The molecule has 0 spiro atoms. The van der Waals surface area contributed by atoms with Crippen molar-refractivity contribution in [2.24, 2.45) is 5.92 Å². The summed E-state index contributed by atoms with van der Waals surface area (Å²) in [5, 5.41) is 21.7. The second-order valence-electron chi connectivity index (χ2n) is 5.67. The van der Waals surface area contributed by atoms with Crippen LogP contribution >= 0.6 is 0 Å². The van der Waals surface area contributed by atoms with Crippen LogP contribution in [0.15, 0.2) is 24.5 Å². The molecule has 1 aromatic heterocycles. The molecule has 0 radical (unpaired) electrons. The van der Waals surface area contributed by atoms with Gasteiger partial charge < -0.3 is 15.5 Å². The minimum absolute atomic E-state index is 0.0831. The molecule has 0 saturated heterocycles. The molecule has 2 aromatic rings. The van der Waals surface area contributed by atoms with E-state index in [0.717, 1.165) is 22.5 Å². The highest BCUT2D eigenvalue weighted by atomic mass is 16.3. The number of benzene rings is 1. The van der Waals surface area contributed by atoms with E-state index in [0.29, 0.717) is 13.0 Å². The normalized spacial score (nSPS) is 12.0. The molecule has 0 aliphatic rings. The van der Waals surface area contributed by atoms with Crippen molar-refractivity contribution in [3.8, 4) is 11.5 Å². The first-order valence-corrected chi connectivity index (χ1v) is 7.44. The van der Waals surface area contributed by atoms with Crippen LogP contribution in [0.2, 0.25) is 0 Å². The van der Waals surface area contributed by atoms with Gasteiger partial charge in [-0.2, -0.15) is 0 Å². The number of nitrogens with one attached hydrogen (secondary N) is 1. The number of aromatic hydroxyl groups is 2. The van der Waals surface area contributed by atoms with Gasteiger partial charge in [-0.3, -0.25) is 4.79 Å². The predicted octanol–water partition coefficient (Wildman–Crippen LogP) is 2.00. The molecular formula is C17H21N3O3. The van der Waals surface area contributed by atoms with E-state index in [1.807, 2.05) is 20.8 Å². The van der Waals surface area contributed by atoms with Gasteiger partial charge in [0.2, 0.25) is 5.91 Å². The number of phenolic OH excluding ortho intramolecular Hbond substituents is 2. The molecule has 1 aromatic carbocycles. The van der Waals surface area contributed by atoms with Crippen molar-refractivity contribution in [2.45, 2.75) is 33.7 Å². The van der Waals surface area contributed by atoms with Crippen LogP contribution in [0.3, 0.4) is 0 Å². The molecular weight excluding hydrogens is 294 g/mol. The topological polar surface area (TPSA) is 95.3 Å². The summed E-state index contributed by atoms with van der Waals surface area (Å²) in [4.78, 5) is 20.5. The summed E-state index contributed by atoms with van der Waals surface area (Å²) >= 11 is 0. The Bertz CT molecular complexity index is 696. The van der Waals surface area contributed by atoms with Gasteiger partial charge in [0.25, 0.3) is 0 Å². The fourth-order valence-electron chi connectivity index (χ4n) is 2.37. The van der Waals surface area contributed by atoms with Crippen molar-refractivity contribution in [3.63, 3.8) is 0 Å². The third-order valence-corrected chi connectivity index (χ3v) is 3.84. The highest BCUT2D eigenvalue weighted by Crippen LogP contribution is 2.26. The Labute approximate surface area is 135 Å². The molecule has 23 heavy (non-hydrogen) atoms. The molecule has 0 aliphatic carbocycles. The van der Waals surface area contributed by atoms with Crippen molar-refractivity contribution in [2.75, 3.05) is 0 Å². The van der Waals surface area contributed by atoms with E-state index in [4.69, 9.17) is 0 Å². The maximum absolute atomic E-state index is 12.2. The summed E-state index contributed by atoms with van der Waals surface area (Å²) in [5.41, 5.74) is 3.43. The number of nitrogens with zero attached hydrogens (tertiary/aromatic N) is 2. The quantitative estimate of drug-likeness (QED) is 0.734. The minimum atomic E-state index is -0.260. The molecule has 1 unspecified atom stereocenters. The van der Waals surface area contributed by atoms with Crippen LogP contribution < -0.4 is 5.32 Å². The third kappa shape index (κ3) is 4.18. The molecule has 0 fully saturated rings. The molecule has 1 atom stereocenters. The predicted molar refractivity (Wildman–Crippen MR) is 86.0 cm³/mol. The smallest absolute Gasteiger partial charge is 0.223 e. The summed E-state index contributed by atoms with van der Waals surface area (Å²) in [7, 11) is 0. The number of rotatable bonds is 5. The summed E-state index contributed by atoms with van der Waals surface area (Å²) in [6.45, 7) is 5.99. The number of amides is 1. The molecule has 1 amide bonds. The van der Waals surface area contributed by atoms with Gasteiger partial charge in [-0.1, -0.05) is 13.0 Å². The van der Waals surface area contributed by atoms with Gasteiger partial charge in [0.1, 0.15) is 6.33 Å². The first-order chi connectivity index (χ1) is 10.9. The molecule has 0 bridgehead atoms. The maximum atomic E-state index is 12.2. The van der Waals surface area contributed by atoms with Crippen LogP contribution in [0.5, 0.6) is 11.5 Å². The Morgan fingerprint density at radius 1 is 1.17 bits per heavy atom. The fraction of sp³-hybridized carbons (Fsp3) is 0.353. The summed E-state index contributed by atoms with van der Waals surface area (Å²) in [5.74, 6) is -0.687. The number of carbonyl (C=O) groups is 1. The number of aromatic nitrogens is 2. The number of phenols is 2. The molecule has 0 saturated carbocycles. The lowest BCUT2D eigenvalue weighted by Gasteiger charge is -2.14. The largest absolute Gasteiger partial charge is 0.504 e. The van der Waals surface area contributed by atoms with E-state index < -0.39 is 0 Å². The zero-order valence-corrected chi connectivity index (χ0v) is 13.5. The van der Waals surface area contributed by atoms with E-state index in [1.165, 1.54) is 18.5 Å². The Morgan fingerprint density at radius 2 is 1.83 bits per heavy atom. The first kappa shape index (κ1) is 16.7. The molecule has 6 heteroatoms. The Morgan fingerprint density at radius 3 is 2.43 bits per heavy atom. The molecule has 0 aliphatic heterocycles. The van der Waals surface area contributed by atoms with Gasteiger partial charge in [-0.25, -0.2) is 9.97 Å². The van der Waals surface area contributed by atoms with Crippen molar-refractivity contribution in [3.05, 3.63) is 47.0 Å². The SMILES string of the molecule is Cc1ncnc(C)c1CNC(=O)C(C)Cc1ccc(O)c(O)c1. The Hall–Kier alpha value is -2.63. The fourth-order valence-corrected chi connectivity index (χ4v) is 2.37. The number of carbonyl (C=O) groups excluding carboxylic acids is 1. The number of aryl methyl sites for hydroxylation is 2. The Kier molecular flexibility index (Phi) is 5.16. The molecule has 2 rings (SSSR count). The molecule has 3 N–H and O–H groups in total. The van der Waals surface area contributed by atoms with E-state index in [1.54, 1.807) is 6.07 Å². The second kappa shape index (κ2) is 7.09. The van der Waals surface area contributed by atoms with Gasteiger partial charge in [0, 0.05) is 29.4 Å². The summed E-state index contributed by atoms with van der Waals surface area (Å²) in [6.07, 6.45) is 1.98. The van der Waals surface area contributed by atoms with Gasteiger partial charge in [-0.15, -0.1) is 0 Å². The summed E-state index contributed by atoms with van der Waals surface area (Å²) < 4.78 is 0. The van der Waals surface area contributed by atoms with Crippen LogP contribution in [0.1, 0.15) is 29.4 Å². The van der Waals surface area contributed by atoms with Crippen LogP contribution in [0.4, 0.5) is 0 Å². The summed E-state index contributed by atoms with van der Waals surface area (Å²) in [6, 6.07) is 4.58. The van der Waals surface area contributed by atoms with Gasteiger partial charge in [0.15, 0.2) is 11.5 Å². The van der Waals surface area contributed by atoms with E-state index in [9.17, 15) is 15.0 Å². The highest BCUT2D eigenvalue weighted by molar-refractivity contribution is 5.78. The molecule has 6 nitrogen and oxygen atoms in total. The van der Waals surface area contributed by atoms with Crippen molar-refractivity contribution in [1.82, 2.24) is 15.3 Å². The van der Waals surface area contributed by atoms with Gasteiger partial charge >= 0.3 is 0 Å². The van der Waals surface area contributed by atoms with Crippen LogP contribution in [-0.4, -0.2) is 26.1 Å². The first-order valence-electron chi connectivity index (χ1n) is 7.44. The van der Waals surface area contributed by atoms with Crippen molar-refractivity contribution in [1.29, 1.82) is 0 Å². The van der Waals surface area contributed by atoms with E-state index in [-0.39, 0.29) is 23.3 Å². The zero-order chi connectivity index (χ0) is 17.0. The zero-order valence-electron chi connectivity index (χ0n) is 13.5. The van der Waals surface area contributed by atoms with Crippen molar-refractivity contribution < 1.29 is 15.0 Å². The van der Waals surface area contributed by atoms with Gasteiger partial charge in [0.05, 0.1) is 0 Å². The molecule has 122 valence electrons. The highest BCUT2D eigenvalue weighted by Gasteiger charge is 2.15. The average molecular weight is 315 g/mol. The molecule has 1 heterocycles. The van der Waals surface area contributed by atoms with Gasteiger partial charge in [-0.05, 0) is 38.0 Å². The lowest BCUT2D eigenvalue weighted by atomic mass is 10.00. The monoisotopic (exact) mass is 315 g/mol. The number of hydrogen-bond acceptors (Lipinski definition) is 5. The van der Waals surface area contributed by atoms with E-state index >= 15 is 0 Å². The minimum Gasteiger partial charge on any atom is -0.504 e. The van der Waals surface area contributed by atoms with Crippen molar-refractivity contribution >= 4 is 5.91 Å². The van der Waals surface area contributed by atoms with Crippen LogP contribution in [0, 0.1) is 19.8 Å². The standard InChI is InChI=1S/C17H21N3O3/c1-10(6-13-4-5-15(21)16(22)7-13)17(23)18-8-14-11(2)19-9-20-12(14)3/h4-5,7,9-10,21-22H,6,8H2,1-3H3,(H,18,23). The lowest BCUT2D eigenvalue weighted by molar-refractivity contribution is -0.124. The van der Waals surface area contributed by atoms with Crippen LogP contribution in [0.25, 0.3) is 0 Å². The van der Waals surface area contributed by atoms with E-state index in [2.05, 4.69) is 15.3 Å². The third-order valence-electron chi connectivity index (χ3n) is 3.84. The number of hydrogen-bond donors (Lipinski definition) is 3.